The van der Waals surface area contributed by atoms with E-state index >= 15 is 0 Å². The maximum absolute atomic E-state index is 13.7. The highest BCUT2D eigenvalue weighted by atomic mass is 35.5. The molecule has 0 aliphatic heterocycles. The van der Waals surface area contributed by atoms with Crippen molar-refractivity contribution in [1.82, 2.24) is 0 Å². The van der Waals surface area contributed by atoms with Crippen molar-refractivity contribution in [3.05, 3.63) is 29.3 Å². The van der Waals surface area contributed by atoms with Crippen LogP contribution in [0.3, 0.4) is 0 Å². The summed E-state index contributed by atoms with van der Waals surface area (Å²) < 4.78 is 27.4. The summed E-state index contributed by atoms with van der Waals surface area (Å²) in [6.45, 7) is 3.90. The fourth-order valence-corrected chi connectivity index (χ4v) is 1.68. The van der Waals surface area contributed by atoms with Crippen molar-refractivity contribution in [2.24, 2.45) is 0 Å². The van der Waals surface area contributed by atoms with Crippen molar-refractivity contribution in [3.8, 4) is 0 Å². The number of alkyl halides is 1. The summed E-state index contributed by atoms with van der Waals surface area (Å²) in [5, 5.41) is 0. The monoisotopic (exact) mass is 247 g/mol. The Labute approximate surface area is 100 Å². The quantitative estimate of drug-likeness (QED) is 0.729. The van der Waals surface area contributed by atoms with Crippen LogP contribution in [0.4, 0.5) is 14.5 Å². The topological polar surface area (TPSA) is 3.24 Å². The highest BCUT2D eigenvalue weighted by Gasteiger charge is 2.18. The van der Waals surface area contributed by atoms with Crippen LogP contribution < -0.4 is 4.90 Å². The van der Waals surface area contributed by atoms with Gasteiger partial charge in [-0.25, -0.2) is 8.78 Å². The summed E-state index contributed by atoms with van der Waals surface area (Å²) in [6, 6.07) is 2.65. The molecule has 4 heteroatoms. The Balaban J connectivity index is 3.14. The van der Waals surface area contributed by atoms with Gasteiger partial charge in [0.1, 0.15) is 17.3 Å². The summed E-state index contributed by atoms with van der Waals surface area (Å²) in [7, 11) is 1.69. The predicted octanol–water partition coefficient (Wildman–Crippen LogP) is 3.94. The zero-order valence-electron chi connectivity index (χ0n) is 9.73. The van der Waals surface area contributed by atoms with Gasteiger partial charge >= 0.3 is 0 Å². The third-order valence-corrected chi connectivity index (χ3v) is 3.14. The minimum absolute atomic E-state index is 0.0169. The van der Waals surface area contributed by atoms with E-state index in [4.69, 9.17) is 11.6 Å². The summed E-state index contributed by atoms with van der Waals surface area (Å²) >= 11 is 5.55. The third kappa shape index (κ3) is 2.64. The summed E-state index contributed by atoms with van der Waals surface area (Å²) in [4.78, 5) is 1.61. The first kappa shape index (κ1) is 13.2. The van der Waals surface area contributed by atoms with E-state index in [-0.39, 0.29) is 17.6 Å². The van der Waals surface area contributed by atoms with Crippen molar-refractivity contribution in [1.29, 1.82) is 0 Å². The van der Waals surface area contributed by atoms with Gasteiger partial charge in [0.2, 0.25) is 0 Å². The van der Waals surface area contributed by atoms with Gasteiger partial charge in [-0.2, -0.15) is 0 Å². The van der Waals surface area contributed by atoms with Crippen molar-refractivity contribution >= 4 is 17.3 Å². The van der Waals surface area contributed by atoms with Crippen LogP contribution in [0.2, 0.25) is 0 Å². The van der Waals surface area contributed by atoms with Gasteiger partial charge in [-0.1, -0.05) is 6.92 Å². The van der Waals surface area contributed by atoms with Crippen LogP contribution in [0, 0.1) is 11.6 Å². The standard InChI is InChI=1S/C12H16ClF2N/c1-4-8(2)16(3)12-10(14)5-9(7-13)6-11(12)15/h5-6,8H,4,7H2,1-3H3. The number of hydrogen-bond acceptors (Lipinski definition) is 1. The lowest BCUT2D eigenvalue weighted by molar-refractivity contribution is 0.555. The first-order valence-electron chi connectivity index (χ1n) is 5.28. The number of benzene rings is 1. The zero-order chi connectivity index (χ0) is 12.3. The van der Waals surface area contributed by atoms with Crippen molar-refractivity contribution in [2.75, 3.05) is 11.9 Å². The molecule has 16 heavy (non-hydrogen) atoms. The minimum Gasteiger partial charge on any atom is -0.367 e. The first-order valence-corrected chi connectivity index (χ1v) is 5.81. The molecule has 0 radical (unpaired) electrons. The van der Waals surface area contributed by atoms with E-state index in [1.54, 1.807) is 11.9 Å². The van der Waals surface area contributed by atoms with Crippen molar-refractivity contribution in [2.45, 2.75) is 32.2 Å². The Morgan fingerprint density at radius 2 is 1.81 bits per heavy atom. The molecule has 1 atom stereocenters. The largest absolute Gasteiger partial charge is 0.367 e. The van der Waals surface area contributed by atoms with E-state index in [1.165, 1.54) is 12.1 Å². The van der Waals surface area contributed by atoms with E-state index in [2.05, 4.69) is 0 Å². The molecule has 0 fully saturated rings. The fourth-order valence-electron chi connectivity index (χ4n) is 1.53. The highest BCUT2D eigenvalue weighted by Crippen LogP contribution is 2.26. The lowest BCUT2D eigenvalue weighted by Crippen LogP contribution is -2.29. The van der Waals surface area contributed by atoms with Gasteiger partial charge < -0.3 is 4.90 Å². The molecule has 1 unspecified atom stereocenters. The van der Waals surface area contributed by atoms with Gasteiger partial charge in [-0.05, 0) is 31.0 Å². The molecule has 90 valence electrons. The molecule has 0 amide bonds. The van der Waals surface area contributed by atoms with Gasteiger partial charge in [0.05, 0.1) is 0 Å². The third-order valence-electron chi connectivity index (χ3n) is 2.84. The van der Waals surface area contributed by atoms with Crippen molar-refractivity contribution in [3.63, 3.8) is 0 Å². The molecule has 0 aliphatic rings. The SMILES string of the molecule is CCC(C)N(C)c1c(F)cc(CCl)cc1F. The summed E-state index contributed by atoms with van der Waals surface area (Å²) in [5.74, 6) is -1.00. The van der Waals surface area contributed by atoms with Gasteiger partial charge in [0, 0.05) is 19.0 Å². The molecule has 0 aliphatic carbocycles. The Morgan fingerprint density at radius 3 is 2.19 bits per heavy atom. The van der Waals surface area contributed by atoms with Crippen LogP contribution >= 0.6 is 11.6 Å². The van der Waals surface area contributed by atoms with Crippen molar-refractivity contribution < 1.29 is 8.78 Å². The molecule has 1 aromatic carbocycles. The molecule has 1 rings (SSSR count). The molecule has 1 nitrogen and oxygen atoms in total. The summed E-state index contributed by atoms with van der Waals surface area (Å²) in [5.41, 5.74) is 0.473. The number of anilines is 1. The second-order valence-electron chi connectivity index (χ2n) is 3.91. The minimum atomic E-state index is -0.557. The Morgan fingerprint density at radius 1 is 1.31 bits per heavy atom. The summed E-state index contributed by atoms with van der Waals surface area (Å²) in [6.07, 6.45) is 0.826. The molecule has 0 spiro atoms. The molecule has 0 aromatic heterocycles. The van der Waals surface area contributed by atoms with Gasteiger partial charge in [0.15, 0.2) is 0 Å². The van der Waals surface area contributed by atoms with Gasteiger partial charge in [-0.15, -0.1) is 11.6 Å². The van der Waals surface area contributed by atoms with E-state index < -0.39 is 11.6 Å². The maximum Gasteiger partial charge on any atom is 0.149 e. The van der Waals surface area contributed by atoms with E-state index in [0.29, 0.717) is 5.56 Å². The number of halogens is 3. The van der Waals surface area contributed by atoms with Crippen LogP contribution in [0.25, 0.3) is 0 Å². The Kier molecular flexibility index (Phi) is 4.54. The van der Waals surface area contributed by atoms with Gasteiger partial charge in [0.25, 0.3) is 0 Å². The van der Waals surface area contributed by atoms with Gasteiger partial charge in [-0.3, -0.25) is 0 Å². The van der Waals surface area contributed by atoms with E-state index in [9.17, 15) is 8.78 Å². The van der Waals surface area contributed by atoms with Crippen LogP contribution in [-0.2, 0) is 5.88 Å². The van der Waals surface area contributed by atoms with E-state index in [1.807, 2.05) is 13.8 Å². The Hall–Kier alpha value is -0.830. The normalized spacial score (nSPS) is 12.6. The molecule has 1 aromatic rings. The van der Waals surface area contributed by atoms with Crippen LogP contribution in [0.5, 0.6) is 0 Å². The Bertz CT molecular complexity index is 345. The predicted molar refractivity (Wildman–Crippen MR) is 64.1 cm³/mol. The lowest BCUT2D eigenvalue weighted by Gasteiger charge is -2.27. The maximum atomic E-state index is 13.7. The molecule has 0 saturated carbocycles. The number of rotatable bonds is 4. The average molecular weight is 248 g/mol. The number of nitrogens with zero attached hydrogens (tertiary/aromatic N) is 1. The zero-order valence-corrected chi connectivity index (χ0v) is 10.5. The average Bonchev–Trinajstić information content (AvgIpc) is 2.26. The second-order valence-corrected chi connectivity index (χ2v) is 4.18. The first-order chi connectivity index (χ1) is 7.51. The van der Waals surface area contributed by atoms with E-state index in [0.717, 1.165) is 6.42 Å². The molecular formula is C12H16ClF2N. The van der Waals surface area contributed by atoms with Crippen LogP contribution in [0.15, 0.2) is 12.1 Å². The molecular weight excluding hydrogens is 232 g/mol. The fraction of sp³-hybridized carbons (Fsp3) is 0.500. The molecule has 0 N–H and O–H groups in total. The lowest BCUT2D eigenvalue weighted by atomic mass is 10.1. The number of hydrogen-bond donors (Lipinski definition) is 0. The molecule has 0 heterocycles. The molecule has 0 saturated heterocycles. The van der Waals surface area contributed by atoms with Crippen LogP contribution in [0.1, 0.15) is 25.8 Å². The smallest absolute Gasteiger partial charge is 0.149 e. The molecule has 0 bridgehead atoms. The second kappa shape index (κ2) is 5.48. The highest BCUT2D eigenvalue weighted by molar-refractivity contribution is 6.17. The van der Waals surface area contributed by atoms with Crippen LogP contribution in [-0.4, -0.2) is 13.1 Å².